The fourth-order valence-electron chi connectivity index (χ4n) is 1.19. The fourth-order valence-corrected chi connectivity index (χ4v) is 1.58. The Labute approximate surface area is 102 Å². The van der Waals surface area contributed by atoms with E-state index in [4.69, 9.17) is 23.2 Å². The quantitative estimate of drug-likeness (QED) is 0.724. The van der Waals surface area contributed by atoms with Crippen LogP contribution in [0.15, 0.2) is 24.3 Å². The van der Waals surface area contributed by atoms with E-state index in [1.54, 1.807) is 19.1 Å². The van der Waals surface area contributed by atoms with Crippen molar-refractivity contribution >= 4 is 23.2 Å². The summed E-state index contributed by atoms with van der Waals surface area (Å²) >= 11 is 11.8. The first-order valence-corrected chi connectivity index (χ1v) is 5.29. The summed E-state index contributed by atoms with van der Waals surface area (Å²) in [7, 11) is 0. The van der Waals surface area contributed by atoms with Crippen molar-refractivity contribution in [3.8, 4) is 11.4 Å². The SMILES string of the molecule is Cc1c(Cl)nc(-c2ccc(F)cc2)nc1Cl. The largest absolute Gasteiger partial charge is 0.216 e. The minimum absolute atomic E-state index is 0.305. The van der Waals surface area contributed by atoms with Gasteiger partial charge in [0.25, 0.3) is 0 Å². The number of nitrogens with zero attached hydrogens (tertiary/aromatic N) is 2. The molecule has 0 bridgehead atoms. The highest BCUT2D eigenvalue weighted by Crippen LogP contribution is 2.24. The Kier molecular flexibility index (Phi) is 3.08. The maximum atomic E-state index is 12.7. The third-order valence-electron chi connectivity index (χ3n) is 2.13. The number of benzene rings is 1. The molecule has 0 saturated heterocycles. The second-order valence-corrected chi connectivity index (χ2v) is 3.98. The van der Waals surface area contributed by atoms with E-state index in [1.165, 1.54) is 12.1 Å². The van der Waals surface area contributed by atoms with Crippen LogP contribution in [-0.2, 0) is 0 Å². The molecule has 1 heterocycles. The second-order valence-electron chi connectivity index (χ2n) is 3.26. The van der Waals surface area contributed by atoms with Gasteiger partial charge in [-0.25, -0.2) is 14.4 Å². The lowest BCUT2D eigenvalue weighted by Gasteiger charge is -2.04. The Balaban J connectivity index is 2.52. The van der Waals surface area contributed by atoms with Crippen LogP contribution in [0.4, 0.5) is 4.39 Å². The molecule has 0 aliphatic rings. The van der Waals surface area contributed by atoms with Crippen molar-refractivity contribution in [1.29, 1.82) is 0 Å². The van der Waals surface area contributed by atoms with Gasteiger partial charge in [0.15, 0.2) is 5.82 Å². The first-order chi connectivity index (χ1) is 7.58. The molecular weight excluding hydrogens is 250 g/mol. The first kappa shape index (κ1) is 11.3. The fraction of sp³-hybridized carbons (Fsp3) is 0.0909. The highest BCUT2D eigenvalue weighted by atomic mass is 35.5. The Hall–Kier alpha value is -1.19. The summed E-state index contributed by atoms with van der Waals surface area (Å²) in [4.78, 5) is 8.16. The number of hydrogen-bond acceptors (Lipinski definition) is 2. The van der Waals surface area contributed by atoms with Crippen LogP contribution in [0.2, 0.25) is 10.3 Å². The summed E-state index contributed by atoms with van der Waals surface area (Å²) in [5.41, 5.74) is 1.30. The standard InChI is InChI=1S/C11H7Cl2FN2/c1-6-9(12)15-11(16-10(6)13)7-2-4-8(14)5-3-7/h2-5H,1H3. The normalized spacial score (nSPS) is 10.5. The molecule has 0 aliphatic carbocycles. The average molecular weight is 257 g/mol. The molecule has 1 aromatic carbocycles. The van der Waals surface area contributed by atoms with Crippen LogP contribution in [-0.4, -0.2) is 9.97 Å². The highest BCUT2D eigenvalue weighted by Gasteiger charge is 2.09. The summed E-state index contributed by atoms with van der Waals surface area (Å²) < 4.78 is 12.7. The van der Waals surface area contributed by atoms with Gasteiger partial charge in [-0.05, 0) is 31.2 Å². The lowest BCUT2D eigenvalue weighted by Crippen LogP contribution is -1.93. The molecule has 1 aromatic heterocycles. The molecule has 16 heavy (non-hydrogen) atoms. The van der Waals surface area contributed by atoms with Crippen molar-refractivity contribution in [2.24, 2.45) is 0 Å². The molecule has 0 atom stereocenters. The molecule has 0 amide bonds. The van der Waals surface area contributed by atoms with Crippen LogP contribution in [0.3, 0.4) is 0 Å². The zero-order chi connectivity index (χ0) is 11.7. The molecule has 0 N–H and O–H groups in total. The van der Waals surface area contributed by atoms with Gasteiger partial charge in [-0.1, -0.05) is 23.2 Å². The molecule has 2 nitrogen and oxygen atoms in total. The van der Waals surface area contributed by atoms with E-state index in [0.29, 0.717) is 27.3 Å². The molecule has 2 rings (SSSR count). The molecular formula is C11H7Cl2FN2. The third-order valence-corrected chi connectivity index (χ3v) is 2.87. The predicted molar refractivity (Wildman–Crippen MR) is 62.2 cm³/mol. The molecule has 82 valence electrons. The Morgan fingerprint density at radius 3 is 2.00 bits per heavy atom. The van der Waals surface area contributed by atoms with Crippen molar-refractivity contribution in [2.75, 3.05) is 0 Å². The van der Waals surface area contributed by atoms with Gasteiger partial charge in [-0.2, -0.15) is 0 Å². The van der Waals surface area contributed by atoms with Crippen LogP contribution in [0.25, 0.3) is 11.4 Å². The molecule has 0 radical (unpaired) electrons. The summed E-state index contributed by atoms with van der Waals surface area (Å²) in [6.07, 6.45) is 0. The highest BCUT2D eigenvalue weighted by molar-refractivity contribution is 6.34. The molecule has 0 aliphatic heterocycles. The maximum Gasteiger partial charge on any atom is 0.162 e. The molecule has 0 fully saturated rings. The van der Waals surface area contributed by atoms with Gasteiger partial charge in [0, 0.05) is 11.1 Å². The lowest BCUT2D eigenvalue weighted by molar-refractivity contribution is 0.628. The van der Waals surface area contributed by atoms with E-state index < -0.39 is 0 Å². The minimum Gasteiger partial charge on any atom is -0.216 e. The van der Waals surface area contributed by atoms with Gasteiger partial charge in [0.05, 0.1) is 0 Å². The van der Waals surface area contributed by atoms with Crippen molar-refractivity contribution in [3.05, 3.63) is 46.0 Å². The van der Waals surface area contributed by atoms with Gasteiger partial charge in [0.2, 0.25) is 0 Å². The topological polar surface area (TPSA) is 25.8 Å². The smallest absolute Gasteiger partial charge is 0.162 e. The van der Waals surface area contributed by atoms with Crippen molar-refractivity contribution in [3.63, 3.8) is 0 Å². The van der Waals surface area contributed by atoms with E-state index in [1.807, 2.05) is 0 Å². The van der Waals surface area contributed by atoms with E-state index in [2.05, 4.69) is 9.97 Å². The Morgan fingerprint density at radius 2 is 1.50 bits per heavy atom. The monoisotopic (exact) mass is 256 g/mol. The Bertz CT molecular complexity index is 503. The second kappa shape index (κ2) is 4.36. The van der Waals surface area contributed by atoms with E-state index >= 15 is 0 Å². The summed E-state index contributed by atoms with van der Waals surface area (Å²) in [5, 5.41) is 0.610. The molecule has 0 saturated carbocycles. The first-order valence-electron chi connectivity index (χ1n) is 4.53. The maximum absolute atomic E-state index is 12.7. The third kappa shape index (κ3) is 2.15. The molecule has 5 heteroatoms. The summed E-state index contributed by atoms with van der Waals surface area (Å²) in [6.45, 7) is 1.74. The van der Waals surface area contributed by atoms with E-state index in [-0.39, 0.29) is 5.82 Å². The van der Waals surface area contributed by atoms with Crippen LogP contribution >= 0.6 is 23.2 Å². The predicted octanol–water partition coefficient (Wildman–Crippen LogP) is 3.90. The van der Waals surface area contributed by atoms with Crippen molar-refractivity contribution < 1.29 is 4.39 Å². The van der Waals surface area contributed by atoms with Gasteiger partial charge in [-0.3, -0.25) is 0 Å². The van der Waals surface area contributed by atoms with E-state index in [9.17, 15) is 4.39 Å². The summed E-state index contributed by atoms with van der Waals surface area (Å²) in [5.74, 6) is 0.0775. The lowest BCUT2D eigenvalue weighted by atomic mass is 10.2. The number of hydrogen-bond donors (Lipinski definition) is 0. The van der Waals surface area contributed by atoms with Crippen molar-refractivity contribution in [2.45, 2.75) is 6.92 Å². The zero-order valence-corrected chi connectivity index (χ0v) is 9.85. The van der Waals surface area contributed by atoms with Crippen LogP contribution in [0.1, 0.15) is 5.56 Å². The molecule has 0 spiro atoms. The van der Waals surface area contributed by atoms with Gasteiger partial charge >= 0.3 is 0 Å². The number of halogens is 3. The minimum atomic E-state index is -0.312. The van der Waals surface area contributed by atoms with Gasteiger partial charge in [-0.15, -0.1) is 0 Å². The van der Waals surface area contributed by atoms with Crippen LogP contribution in [0.5, 0.6) is 0 Å². The van der Waals surface area contributed by atoms with E-state index in [0.717, 1.165) is 0 Å². The van der Waals surface area contributed by atoms with Gasteiger partial charge in [0.1, 0.15) is 16.1 Å². The summed E-state index contributed by atoms with van der Waals surface area (Å²) in [6, 6.07) is 5.82. The van der Waals surface area contributed by atoms with Gasteiger partial charge < -0.3 is 0 Å². The number of aromatic nitrogens is 2. The van der Waals surface area contributed by atoms with Crippen LogP contribution in [0, 0.1) is 12.7 Å². The number of rotatable bonds is 1. The molecule has 0 unspecified atom stereocenters. The average Bonchev–Trinajstić information content (AvgIpc) is 2.26. The van der Waals surface area contributed by atoms with Crippen molar-refractivity contribution in [1.82, 2.24) is 9.97 Å². The molecule has 2 aromatic rings. The van der Waals surface area contributed by atoms with Crippen LogP contribution < -0.4 is 0 Å². The Morgan fingerprint density at radius 1 is 1.00 bits per heavy atom. The zero-order valence-electron chi connectivity index (χ0n) is 8.34.